The number of rotatable bonds is 2. The molecule has 3 atom stereocenters. The van der Waals surface area contributed by atoms with Gasteiger partial charge in [-0.1, -0.05) is 107 Å². The van der Waals surface area contributed by atoms with Gasteiger partial charge < -0.3 is 9.05 Å². The highest BCUT2D eigenvalue weighted by atomic mass is 31.2. The van der Waals surface area contributed by atoms with E-state index >= 15 is 0 Å². The minimum Gasteiger partial charge on any atom is -0.426 e. The third kappa shape index (κ3) is 6.41. The third-order valence-corrected chi connectivity index (χ3v) is 8.23. The number of allylic oxidation sites excluding steroid dienone is 2. The summed E-state index contributed by atoms with van der Waals surface area (Å²) in [5.74, 6) is 1.18. The standard InChI is InChI=1S/C31H49O3P/c1-14-32-35-33-26-20(16-22(28(2,3)4)18-24(26)30(8,9)10)15-21-17-23(29(5,6)7)19-25(27(21)34-35)31(11,12)13/h16-20,26H,14-15H2,1-13H3. The van der Waals surface area contributed by atoms with Gasteiger partial charge >= 0.3 is 8.60 Å². The second-order valence-corrected chi connectivity index (χ2v) is 15.5. The lowest BCUT2D eigenvalue weighted by atomic mass is 9.69. The Morgan fingerprint density at radius 1 is 0.857 bits per heavy atom. The van der Waals surface area contributed by atoms with Crippen molar-refractivity contribution in [2.45, 2.75) is 113 Å². The van der Waals surface area contributed by atoms with Gasteiger partial charge in [-0.15, -0.1) is 0 Å². The summed E-state index contributed by atoms with van der Waals surface area (Å²) < 4.78 is 19.6. The van der Waals surface area contributed by atoms with Crippen LogP contribution in [0.15, 0.2) is 35.4 Å². The molecule has 4 heteroatoms. The summed E-state index contributed by atoms with van der Waals surface area (Å²) in [5.41, 5.74) is 6.61. The van der Waals surface area contributed by atoms with Crippen LogP contribution < -0.4 is 4.52 Å². The zero-order chi connectivity index (χ0) is 26.6. The van der Waals surface area contributed by atoms with Crippen molar-refractivity contribution in [2.75, 3.05) is 6.61 Å². The van der Waals surface area contributed by atoms with Crippen LogP contribution in [-0.2, 0) is 26.3 Å². The van der Waals surface area contributed by atoms with Gasteiger partial charge in [0.25, 0.3) is 0 Å². The van der Waals surface area contributed by atoms with E-state index in [2.05, 4.69) is 107 Å². The maximum Gasteiger partial charge on any atom is 0.397 e. The molecule has 0 aromatic heterocycles. The van der Waals surface area contributed by atoms with E-state index in [9.17, 15) is 0 Å². The van der Waals surface area contributed by atoms with Crippen molar-refractivity contribution in [2.24, 2.45) is 16.7 Å². The average Bonchev–Trinajstić information content (AvgIpc) is 2.65. The molecule has 1 heterocycles. The molecule has 35 heavy (non-hydrogen) atoms. The molecule has 0 fully saturated rings. The van der Waals surface area contributed by atoms with Crippen LogP contribution in [0.5, 0.6) is 5.75 Å². The van der Waals surface area contributed by atoms with Crippen molar-refractivity contribution in [3.63, 3.8) is 0 Å². The Balaban J connectivity index is 2.28. The highest BCUT2D eigenvalue weighted by Gasteiger charge is 2.42. The third-order valence-electron chi connectivity index (χ3n) is 7.03. The first-order valence-electron chi connectivity index (χ1n) is 13.2. The highest BCUT2D eigenvalue weighted by molar-refractivity contribution is 7.42. The van der Waals surface area contributed by atoms with E-state index in [1.807, 2.05) is 6.92 Å². The van der Waals surface area contributed by atoms with Crippen molar-refractivity contribution in [1.29, 1.82) is 0 Å². The molecule has 0 saturated heterocycles. The Morgan fingerprint density at radius 3 is 1.97 bits per heavy atom. The molecule has 0 bridgehead atoms. The summed E-state index contributed by atoms with van der Waals surface area (Å²) in [6.07, 6.45) is 5.67. The monoisotopic (exact) mass is 500 g/mol. The lowest BCUT2D eigenvalue weighted by molar-refractivity contribution is 0.120. The molecule has 3 nitrogen and oxygen atoms in total. The van der Waals surface area contributed by atoms with Gasteiger partial charge in [-0.05, 0) is 57.3 Å². The molecular formula is C31H49O3P. The predicted octanol–water partition coefficient (Wildman–Crippen LogP) is 9.44. The van der Waals surface area contributed by atoms with Gasteiger partial charge in [0, 0.05) is 11.5 Å². The molecule has 3 unspecified atom stereocenters. The van der Waals surface area contributed by atoms with E-state index < -0.39 is 8.60 Å². The minimum absolute atomic E-state index is 0.0211. The van der Waals surface area contributed by atoms with E-state index in [-0.39, 0.29) is 33.7 Å². The molecule has 0 radical (unpaired) electrons. The Hall–Kier alpha value is -1.15. The molecule has 3 rings (SSSR count). The molecule has 2 aliphatic rings. The van der Waals surface area contributed by atoms with Gasteiger partial charge in [0.1, 0.15) is 5.75 Å². The van der Waals surface area contributed by atoms with Crippen LogP contribution in [0.3, 0.4) is 0 Å². The summed E-state index contributed by atoms with van der Waals surface area (Å²) in [5, 5.41) is 0. The quantitative estimate of drug-likeness (QED) is 0.379. The highest BCUT2D eigenvalue weighted by Crippen LogP contribution is 2.54. The van der Waals surface area contributed by atoms with Crippen molar-refractivity contribution in [3.05, 3.63) is 52.1 Å². The smallest absolute Gasteiger partial charge is 0.397 e. The summed E-state index contributed by atoms with van der Waals surface area (Å²) in [6.45, 7) is 30.0. The predicted molar refractivity (Wildman–Crippen MR) is 150 cm³/mol. The van der Waals surface area contributed by atoms with Crippen LogP contribution in [0, 0.1) is 16.7 Å². The Bertz CT molecular complexity index is 990. The van der Waals surface area contributed by atoms with Crippen LogP contribution in [0.4, 0.5) is 0 Å². The molecule has 0 amide bonds. The second-order valence-electron chi connectivity index (χ2n) is 14.4. The molecule has 0 spiro atoms. The van der Waals surface area contributed by atoms with E-state index in [1.54, 1.807) is 0 Å². The summed E-state index contributed by atoms with van der Waals surface area (Å²) in [6, 6.07) is 4.72. The summed E-state index contributed by atoms with van der Waals surface area (Å²) >= 11 is 0. The number of fused-ring (bicyclic) bond motifs is 2. The fraction of sp³-hybridized carbons (Fsp3) is 0.677. The minimum atomic E-state index is -1.53. The molecule has 1 aromatic carbocycles. The van der Waals surface area contributed by atoms with Crippen molar-refractivity contribution in [3.8, 4) is 5.75 Å². The zero-order valence-corrected chi connectivity index (χ0v) is 25.4. The first kappa shape index (κ1) is 28.4. The molecule has 1 aliphatic carbocycles. The molecule has 0 saturated carbocycles. The number of hydrogen-bond acceptors (Lipinski definition) is 3. The largest absolute Gasteiger partial charge is 0.426 e. The van der Waals surface area contributed by atoms with Gasteiger partial charge in [-0.25, -0.2) is 0 Å². The van der Waals surface area contributed by atoms with Crippen LogP contribution in [0.1, 0.15) is 107 Å². The molecule has 196 valence electrons. The normalized spacial score (nSPS) is 23.9. The maximum atomic E-state index is 6.77. The van der Waals surface area contributed by atoms with E-state index in [0.717, 1.165) is 12.2 Å². The Labute approximate surface area is 216 Å². The van der Waals surface area contributed by atoms with Gasteiger partial charge in [-0.2, -0.15) is 0 Å². The SMILES string of the molecule is CCOP1Oc2c(cc(C(C)(C)C)cc2C(C)(C)C)CC2C=C(C(C)(C)C)C=C(C(C)(C)C)C2O1. The average molecular weight is 501 g/mol. The zero-order valence-electron chi connectivity index (χ0n) is 24.6. The van der Waals surface area contributed by atoms with Crippen LogP contribution in [0.25, 0.3) is 0 Å². The van der Waals surface area contributed by atoms with E-state index in [1.165, 1.54) is 27.8 Å². The first-order valence-corrected chi connectivity index (χ1v) is 14.3. The van der Waals surface area contributed by atoms with Crippen molar-refractivity contribution < 1.29 is 13.6 Å². The fourth-order valence-electron chi connectivity index (χ4n) is 4.80. The first-order chi connectivity index (χ1) is 15.8. The lowest BCUT2D eigenvalue weighted by Gasteiger charge is -2.42. The van der Waals surface area contributed by atoms with Crippen LogP contribution in [0.2, 0.25) is 0 Å². The molecule has 1 aromatic rings. The van der Waals surface area contributed by atoms with Crippen LogP contribution >= 0.6 is 8.60 Å². The van der Waals surface area contributed by atoms with Gasteiger partial charge in [0.05, 0.1) is 12.7 Å². The van der Waals surface area contributed by atoms with E-state index in [4.69, 9.17) is 13.6 Å². The number of hydrogen-bond donors (Lipinski definition) is 0. The molecule has 1 aliphatic heterocycles. The second kappa shape index (κ2) is 9.62. The van der Waals surface area contributed by atoms with Crippen LogP contribution in [-0.4, -0.2) is 12.7 Å². The molecular weight excluding hydrogens is 451 g/mol. The summed E-state index contributed by atoms with van der Waals surface area (Å²) in [4.78, 5) is 0. The number of benzene rings is 1. The maximum absolute atomic E-state index is 6.77. The topological polar surface area (TPSA) is 27.7 Å². The Morgan fingerprint density at radius 2 is 1.49 bits per heavy atom. The van der Waals surface area contributed by atoms with Gasteiger partial charge in [-0.3, -0.25) is 4.52 Å². The fourth-order valence-corrected chi connectivity index (χ4v) is 5.99. The summed E-state index contributed by atoms with van der Waals surface area (Å²) in [7, 11) is -1.53. The van der Waals surface area contributed by atoms with Gasteiger partial charge in [0.2, 0.25) is 0 Å². The lowest BCUT2D eigenvalue weighted by Crippen LogP contribution is -2.36. The molecule has 0 N–H and O–H groups in total. The Kier molecular flexibility index (Phi) is 7.81. The van der Waals surface area contributed by atoms with Gasteiger partial charge in [0.15, 0.2) is 0 Å². The van der Waals surface area contributed by atoms with E-state index in [0.29, 0.717) is 6.61 Å². The van der Waals surface area contributed by atoms with Crippen molar-refractivity contribution >= 4 is 8.60 Å². The van der Waals surface area contributed by atoms with Crippen molar-refractivity contribution in [1.82, 2.24) is 0 Å².